The first-order valence-electron chi connectivity index (χ1n) is 11.9. The molecule has 6 aliphatic rings. The number of epoxide rings is 2. The normalized spacial score (nSPS) is 53.2. The van der Waals surface area contributed by atoms with Crippen LogP contribution in [0.25, 0.3) is 0 Å². The van der Waals surface area contributed by atoms with Gasteiger partial charge in [-0.25, -0.2) is 4.79 Å². The zero-order chi connectivity index (χ0) is 23.2. The third-order valence-corrected chi connectivity index (χ3v) is 10.2. The molecule has 0 bridgehead atoms. The lowest BCUT2D eigenvalue weighted by atomic mass is 9.40. The van der Waals surface area contributed by atoms with Crippen LogP contribution in [-0.2, 0) is 33.3 Å². The molecular weight excluding hydrogens is 428 g/mol. The first kappa shape index (κ1) is 20.2. The van der Waals surface area contributed by atoms with Crippen molar-refractivity contribution in [2.75, 3.05) is 0 Å². The van der Waals surface area contributed by atoms with E-state index in [-0.39, 0.29) is 42.5 Å². The molecule has 7 rings (SSSR count). The number of hydrogen-bond donors (Lipinski definition) is 0. The van der Waals surface area contributed by atoms with Crippen LogP contribution in [0.1, 0.15) is 65.0 Å². The van der Waals surface area contributed by atoms with Gasteiger partial charge in [-0.15, -0.1) is 0 Å². The molecule has 6 fully saturated rings. The van der Waals surface area contributed by atoms with Crippen LogP contribution in [0.5, 0.6) is 0 Å². The van der Waals surface area contributed by atoms with Crippen molar-refractivity contribution in [2.24, 2.45) is 22.7 Å². The number of Topliss-reactive ketones (excluding diaryl/α,β-unsaturated/α-hetero) is 1. The van der Waals surface area contributed by atoms with Crippen molar-refractivity contribution in [3.8, 4) is 0 Å². The summed E-state index contributed by atoms with van der Waals surface area (Å²) >= 11 is 0. The summed E-state index contributed by atoms with van der Waals surface area (Å²) in [5.41, 5.74) is -3.19. The predicted octanol–water partition coefficient (Wildman–Crippen LogP) is 2.89. The topological polar surface area (TPSA) is 108 Å². The van der Waals surface area contributed by atoms with Crippen molar-refractivity contribution >= 4 is 17.7 Å². The summed E-state index contributed by atoms with van der Waals surface area (Å²) in [6.45, 7) is 7.80. The quantitative estimate of drug-likeness (QED) is 0.469. The molecule has 0 amide bonds. The van der Waals surface area contributed by atoms with E-state index in [4.69, 9.17) is 23.4 Å². The van der Waals surface area contributed by atoms with Crippen molar-refractivity contribution in [2.45, 2.75) is 88.5 Å². The fourth-order valence-electron chi connectivity index (χ4n) is 8.71. The van der Waals surface area contributed by atoms with E-state index in [1.54, 1.807) is 12.5 Å². The average molecular weight is 456 g/mol. The molecule has 2 saturated carbocycles. The lowest BCUT2D eigenvalue weighted by molar-refractivity contribution is -0.211. The molecule has 0 radical (unpaired) electrons. The first-order chi connectivity index (χ1) is 15.5. The van der Waals surface area contributed by atoms with Crippen LogP contribution in [-0.4, -0.2) is 46.7 Å². The van der Waals surface area contributed by atoms with Crippen molar-refractivity contribution in [1.82, 2.24) is 0 Å². The molecule has 7 unspecified atom stereocenters. The second kappa shape index (κ2) is 5.54. The average Bonchev–Trinajstić information content (AvgIpc) is 3.59. The molecule has 5 heterocycles. The maximum absolute atomic E-state index is 14.1. The van der Waals surface area contributed by atoms with Gasteiger partial charge >= 0.3 is 11.9 Å². The van der Waals surface area contributed by atoms with E-state index >= 15 is 0 Å². The molecule has 0 aromatic carbocycles. The number of cyclic esters (lactones) is 2. The van der Waals surface area contributed by atoms with Gasteiger partial charge in [0.1, 0.15) is 28.7 Å². The van der Waals surface area contributed by atoms with Crippen LogP contribution >= 0.6 is 0 Å². The zero-order valence-electron chi connectivity index (χ0n) is 19.2. The number of rotatable bonds is 1. The van der Waals surface area contributed by atoms with Gasteiger partial charge < -0.3 is 23.4 Å². The molecule has 9 atom stereocenters. The van der Waals surface area contributed by atoms with Gasteiger partial charge in [-0.1, -0.05) is 6.92 Å². The smallest absolute Gasteiger partial charge is 0.339 e. The molecule has 8 nitrogen and oxygen atoms in total. The number of esters is 2. The molecule has 33 heavy (non-hydrogen) atoms. The number of carbonyl (C=O) groups is 3. The number of ether oxygens (including phenoxy) is 4. The summed E-state index contributed by atoms with van der Waals surface area (Å²) in [5.74, 6) is -1.07. The van der Waals surface area contributed by atoms with Gasteiger partial charge in [-0.2, -0.15) is 0 Å². The Kier molecular flexibility index (Phi) is 3.39. The van der Waals surface area contributed by atoms with E-state index in [2.05, 4.69) is 6.92 Å². The van der Waals surface area contributed by atoms with Gasteiger partial charge in [0, 0.05) is 29.2 Å². The highest BCUT2D eigenvalue weighted by atomic mass is 16.7. The first-order valence-corrected chi connectivity index (χ1v) is 11.9. The van der Waals surface area contributed by atoms with Gasteiger partial charge in [-0.05, 0) is 39.7 Å². The van der Waals surface area contributed by atoms with Gasteiger partial charge in [0.15, 0.2) is 6.10 Å². The predicted molar refractivity (Wildman–Crippen MR) is 110 cm³/mol. The molecule has 8 heteroatoms. The summed E-state index contributed by atoms with van der Waals surface area (Å²) in [6, 6.07) is 1.81. The third-order valence-electron chi connectivity index (χ3n) is 10.2. The van der Waals surface area contributed by atoms with Gasteiger partial charge in [-0.3, -0.25) is 9.59 Å². The molecule has 2 aliphatic carbocycles. The molecule has 2 spiro atoms. The largest absolute Gasteiger partial charge is 0.472 e. The summed E-state index contributed by atoms with van der Waals surface area (Å²) in [7, 11) is 0. The van der Waals surface area contributed by atoms with Gasteiger partial charge in [0.05, 0.1) is 30.5 Å². The van der Waals surface area contributed by atoms with E-state index in [0.29, 0.717) is 12.8 Å². The van der Waals surface area contributed by atoms with Gasteiger partial charge in [0.2, 0.25) is 0 Å². The highest BCUT2D eigenvalue weighted by molar-refractivity contribution is 5.93. The van der Waals surface area contributed by atoms with Crippen LogP contribution in [0.4, 0.5) is 0 Å². The van der Waals surface area contributed by atoms with Crippen LogP contribution in [0.2, 0.25) is 0 Å². The van der Waals surface area contributed by atoms with Crippen molar-refractivity contribution in [1.29, 1.82) is 0 Å². The maximum Gasteiger partial charge on any atom is 0.339 e. The number of fused-ring (bicyclic) bond motifs is 1. The number of hydrogen-bond acceptors (Lipinski definition) is 8. The molecule has 1 aromatic heterocycles. The van der Waals surface area contributed by atoms with Crippen molar-refractivity contribution in [3.63, 3.8) is 0 Å². The lowest BCUT2D eigenvalue weighted by Gasteiger charge is -2.61. The standard InChI is InChI=1S/C25H28O8/c1-21(2)14-9-15(26)23(4)13(24(14)16(31-24)10-17(27)32-21)5-7-22(3)18(12-6-8-29-11-12)30-20(28)19-25(22,23)33-19/h6,8,11,13-14,16,18-19H,5,7,9-10H2,1-4H3/t13?,14?,16?,18-,19?,22-,23?,24?,25?/m0/s1. The van der Waals surface area contributed by atoms with Crippen molar-refractivity contribution in [3.05, 3.63) is 24.2 Å². The van der Waals surface area contributed by atoms with E-state index < -0.39 is 45.8 Å². The molecule has 0 N–H and O–H groups in total. The molecule has 4 aliphatic heterocycles. The molecular formula is C25H28O8. The fourth-order valence-corrected chi connectivity index (χ4v) is 8.71. The highest BCUT2D eigenvalue weighted by Gasteiger charge is 2.91. The van der Waals surface area contributed by atoms with Gasteiger partial charge in [0.25, 0.3) is 0 Å². The zero-order valence-corrected chi connectivity index (χ0v) is 19.2. The Labute approximate surface area is 191 Å². The maximum atomic E-state index is 14.1. The SMILES string of the molecule is CC1(C)OC(=O)CC2OC23C1CC(=O)C1(C)C3CC[C@@]2(C)[C@H](c3ccoc3)OC(=O)C3OC312. The minimum absolute atomic E-state index is 0.0532. The number of carbonyl (C=O) groups excluding carboxylic acids is 3. The van der Waals surface area contributed by atoms with Crippen LogP contribution in [0.3, 0.4) is 0 Å². The van der Waals surface area contributed by atoms with Crippen LogP contribution in [0.15, 0.2) is 23.0 Å². The molecule has 176 valence electrons. The number of ketones is 1. The second-order valence-corrected chi connectivity index (χ2v) is 11.7. The Morgan fingerprint density at radius 1 is 0.970 bits per heavy atom. The summed E-state index contributed by atoms with van der Waals surface area (Å²) < 4.78 is 29.7. The monoisotopic (exact) mass is 456 g/mol. The van der Waals surface area contributed by atoms with Crippen LogP contribution in [0, 0.1) is 22.7 Å². The Morgan fingerprint density at radius 3 is 2.48 bits per heavy atom. The minimum Gasteiger partial charge on any atom is -0.472 e. The van der Waals surface area contributed by atoms with E-state index in [0.717, 1.165) is 5.56 Å². The van der Waals surface area contributed by atoms with E-state index in [1.807, 2.05) is 26.8 Å². The molecule has 1 aromatic rings. The summed E-state index contributed by atoms with van der Waals surface area (Å²) in [6.07, 6.45) is 3.38. The Hall–Kier alpha value is -2.19. The van der Waals surface area contributed by atoms with Crippen LogP contribution < -0.4 is 0 Å². The number of furan rings is 1. The highest BCUT2D eigenvalue weighted by Crippen LogP contribution is 2.79. The second-order valence-electron chi connectivity index (χ2n) is 11.7. The van der Waals surface area contributed by atoms with Crippen molar-refractivity contribution < 1.29 is 37.7 Å². The Balaban J connectivity index is 1.39. The fraction of sp³-hybridized carbons (Fsp3) is 0.720. The summed E-state index contributed by atoms with van der Waals surface area (Å²) in [4.78, 5) is 39.7. The third kappa shape index (κ3) is 1.98. The Bertz CT molecular complexity index is 1110. The molecule has 4 saturated heterocycles. The lowest BCUT2D eigenvalue weighted by Crippen LogP contribution is -2.71. The Morgan fingerprint density at radius 2 is 1.76 bits per heavy atom. The van der Waals surface area contributed by atoms with E-state index in [9.17, 15) is 14.4 Å². The van der Waals surface area contributed by atoms with E-state index in [1.165, 1.54) is 0 Å². The summed E-state index contributed by atoms with van der Waals surface area (Å²) in [5, 5.41) is 0. The minimum atomic E-state index is -0.977.